The molecule has 0 aliphatic rings. The van der Waals surface area contributed by atoms with Crippen LogP contribution >= 0.6 is 0 Å². The number of aliphatic hydroxyl groups is 1. The summed E-state index contributed by atoms with van der Waals surface area (Å²) >= 11 is 0. The smallest absolute Gasteiger partial charge is 0.337 e. The molecule has 0 bridgehead atoms. The number of halogens is 1. The number of nitrogens with zero attached hydrogens (tertiary/aromatic N) is 1. The van der Waals surface area contributed by atoms with E-state index in [0.717, 1.165) is 0 Å². The van der Waals surface area contributed by atoms with Gasteiger partial charge in [0.1, 0.15) is 0 Å². The molecule has 0 aliphatic heterocycles. The Balaban J connectivity index is 2.38. The predicted molar refractivity (Wildman–Crippen MR) is 75.0 cm³/mol. The Kier molecular flexibility index (Phi) is 3.95. The van der Waals surface area contributed by atoms with Crippen LogP contribution in [0.2, 0.25) is 0 Å². The van der Waals surface area contributed by atoms with Gasteiger partial charge in [0.25, 0.3) is 0 Å². The van der Waals surface area contributed by atoms with Crippen LogP contribution in [0.4, 0.5) is 10.1 Å². The molecule has 0 saturated heterocycles. The minimum atomic E-state index is -1.92. The Hall–Kier alpha value is -2.41. The fraction of sp³-hybridized carbons (Fsp3) is 0.286. The number of fused-ring (bicyclic) bond motifs is 1. The number of hydrogen-bond donors (Lipinski definition) is 3. The van der Waals surface area contributed by atoms with Crippen LogP contribution in [0.15, 0.2) is 24.4 Å². The molecular formula is C14H15FN2O4. The van der Waals surface area contributed by atoms with Gasteiger partial charge in [-0.2, -0.15) is 0 Å². The van der Waals surface area contributed by atoms with E-state index in [-0.39, 0.29) is 12.3 Å². The summed E-state index contributed by atoms with van der Waals surface area (Å²) in [5, 5.41) is 22.0. The molecule has 0 fully saturated rings. The van der Waals surface area contributed by atoms with E-state index in [4.69, 9.17) is 9.84 Å². The zero-order valence-electron chi connectivity index (χ0n) is 11.6. The van der Waals surface area contributed by atoms with Crippen LogP contribution in [-0.2, 0) is 4.79 Å². The molecule has 21 heavy (non-hydrogen) atoms. The molecule has 0 saturated carbocycles. The van der Waals surface area contributed by atoms with Crippen molar-refractivity contribution in [2.24, 2.45) is 0 Å². The first-order valence-electron chi connectivity index (χ1n) is 6.17. The van der Waals surface area contributed by atoms with Crippen LogP contribution < -0.4 is 10.1 Å². The highest BCUT2D eigenvalue weighted by Crippen LogP contribution is 2.28. The summed E-state index contributed by atoms with van der Waals surface area (Å²) in [6.07, 6.45) is 1.46. The lowest BCUT2D eigenvalue weighted by Crippen LogP contribution is -2.41. The number of aromatic nitrogens is 1. The molecule has 7 heteroatoms. The summed E-state index contributed by atoms with van der Waals surface area (Å²) in [4.78, 5) is 14.9. The highest BCUT2D eigenvalue weighted by atomic mass is 19.1. The number of aliphatic carboxylic acids is 1. The number of carboxylic acid groups (broad SMARTS) is 1. The van der Waals surface area contributed by atoms with Crippen molar-refractivity contribution in [3.8, 4) is 5.75 Å². The normalized spacial score (nSPS) is 13.7. The number of nitrogens with one attached hydrogen (secondary N) is 1. The number of carboxylic acids is 1. The van der Waals surface area contributed by atoms with Gasteiger partial charge in [-0.3, -0.25) is 4.98 Å². The lowest BCUT2D eigenvalue weighted by atomic mass is 10.1. The highest BCUT2D eigenvalue weighted by molar-refractivity contribution is 5.92. The maximum Gasteiger partial charge on any atom is 0.337 e. The van der Waals surface area contributed by atoms with E-state index in [1.165, 1.54) is 32.4 Å². The van der Waals surface area contributed by atoms with Gasteiger partial charge in [0.15, 0.2) is 17.2 Å². The fourth-order valence-electron chi connectivity index (χ4n) is 1.80. The number of pyridine rings is 1. The molecule has 1 heterocycles. The van der Waals surface area contributed by atoms with Gasteiger partial charge >= 0.3 is 5.97 Å². The van der Waals surface area contributed by atoms with Crippen LogP contribution in [0.1, 0.15) is 6.92 Å². The summed E-state index contributed by atoms with van der Waals surface area (Å²) in [5.74, 6) is -1.81. The van der Waals surface area contributed by atoms with Gasteiger partial charge in [-0.25, -0.2) is 9.18 Å². The summed E-state index contributed by atoms with van der Waals surface area (Å²) in [6, 6.07) is 4.31. The largest absolute Gasteiger partial charge is 0.494 e. The highest BCUT2D eigenvalue weighted by Gasteiger charge is 2.29. The molecule has 1 aromatic heterocycles. The Labute approximate surface area is 120 Å². The lowest BCUT2D eigenvalue weighted by molar-refractivity contribution is -0.155. The first kappa shape index (κ1) is 15.0. The van der Waals surface area contributed by atoms with Crippen molar-refractivity contribution in [3.05, 3.63) is 30.2 Å². The van der Waals surface area contributed by atoms with Crippen molar-refractivity contribution in [1.29, 1.82) is 0 Å². The third-order valence-corrected chi connectivity index (χ3v) is 3.10. The molecular weight excluding hydrogens is 279 g/mol. The second-order valence-electron chi connectivity index (χ2n) is 4.79. The van der Waals surface area contributed by atoms with Gasteiger partial charge < -0.3 is 20.3 Å². The van der Waals surface area contributed by atoms with Crippen molar-refractivity contribution in [2.45, 2.75) is 12.5 Å². The van der Waals surface area contributed by atoms with Crippen molar-refractivity contribution < 1.29 is 24.1 Å². The summed E-state index contributed by atoms with van der Waals surface area (Å²) in [6.45, 7) is 0.979. The Morgan fingerprint density at radius 1 is 1.52 bits per heavy atom. The monoisotopic (exact) mass is 294 g/mol. The molecule has 0 aliphatic carbocycles. The first-order valence-corrected chi connectivity index (χ1v) is 6.17. The van der Waals surface area contributed by atoms with Gasteiger partial charge in [-0.05, 0) is 19.1 Å². The topological polar surface area (TPSA) is 91.7 Å². The second-order valence-corrected chi connectivity index (χ2v) is 4.79. The van der Waals surface area contributed by atoms with E-state index in [2.05, 4.69) is 10.3 Å². The number of rotatable bonds is 5. The maximum atomic E-state index is 13.6. The molecule has 0 amide bonds. The van der Waals surface area contributed by atoms with Crippen molar-refractivity contribution >= 4 is 22.6 Å². The number of hydrogen-bond acceptors (Lipinski definition) is 5. The van der Waals surface area contributed by atoms with E-state index >= 15 is 0 Å². The van der Waals surface area contributed by atoms with Crippen molar-refractivity contribution in [1.82, 2.24) is 4.98 Å². The minimum absolute atomic E-state index is 0.0588. The number of carbonyl (C=O) groups is 1. The van der Waals surface area contributed by atoms with Gasteiger partial charge in [0.2, 0.25) is 0 Å². The third kappa shape index (κ3) is 3.03. The van der Waals surface area contributed by atoms with E-state index in [0.29, 0.717) is 16.6 Å². The van der Waals surface area contributed by atoms with Crippen LogP contribution in [0.25, 0.3) is 10.9 Å². The van der Waals surface area contributed by atoms with Crippen LogP contribution in [0, 0.1) is 5.82 Å². The first-order chi connectivity index (χ1) is 9.85. The van der Waals surface area contributed by atoms with Gasteiger partial charge in [-0.1, -0.05) is 0 Å². The van der Waals surface area contributed by atoms with Gasteiger partial charge in [0, 0.05) is 23.3 Å². The van der Waals surface area contributed by atoms with Gasteiger partial charge in [0.05, 0.1) is 19.2 Å². The van der Waals surface area contributed by atoms with E-state index in [9.17, 15) is 14.3 Å². The van der Waals surface area contributed by atoms with Gasteiger partial charge in [-0.15, -0.1) is 0 Å². The molecule has 112 valence electrons. The molecule has 2 rings (SSSR count). The predicted octanol–water partition coefficient (Wildman–Crippen LogP) is 1.63. The van der Waals surface area contributed by atoms with Crippen LogP contribution in [0.3, 0.4) is 0 Å². The summed E-state index contributed by atoms with van der Waals surface area (Å²) in [5.41, 5.74) is -0.993. The lowest BCUT2D eigenvalue weighted by Gasteiger charge is -2.20. The quantitative estimate of drug-likeness (QED) is 0.776. The average Bonchev–Trinajstić information content (AvgIpc) is 2.44. The van der Waals surface area contributed by atoms with Crippen LogP contribution in [0.5, 0.6) is 5.75 Å². The zero-order valence-corrected chi connectivity index (χ0v) is 11.6. The number of methoxy groups -OCH3 is 1. The van der Waals surface area contributed by atoms with Crippen molar-refractivity contribution in [3.63, 3.8) is 0 Å². The van der Waals surface area contributed by atoms with Crippen molar-refractivity contribution in [2.75, 3.05) is 19.0 Å². The molecule has 1 aromatic carbocycles. The second kappa shape index (κ2) is 5.53. The van der Waals surface area contributed by atoms with Crippen LogP contribution in [-0.4, -0.2) is 40.4 Å². The molecule has 2 aromatic rings. The maximum absolute atomic E-state index is 13.6. The molecule has 3 N–H and O–H groups in total. The molecule has 1 atom stereocenters. The number of anilines is 1. The standard InChI is InChI=1S/C14H15FN2O4/c1-14(20,13(18)19)7-17-10-3-4-16-11-6-9(15)12(21-2)5-8(10)11/h3-6,20H,7H2,1-2H3,(H,16,17)(H,18,19). The zero-order chi connectivity index (χ0) is 15.6. The Morgan fingerprint density at radius 3 is 2.86 bits per heavy atom. The SMILES string of the molecule is COc1cc2c(NCC(C)(O)C(=O)O)ccnc2cc1F. The number of ether oxygens (including phenoxy) is 1. The fourth-order valence-corrected chi connectivity index (χ4v) is 1.80. The Morgan fingerprint density at radius 2 is 2.24 bits per heavy atom. The van der Waals surface area contributed by atoms with E-state index in [1.807, 2.05) is 0 Å². The molecule has 0 spiro atoms. The number of benzene rings is 1. The van der Waals surface area contributed by atoms with E-state index in [1.54, 1.807) is 6.07 Å². The Bertz CT molecular complexity index is 688. The summed E-state index contributed by atoms with van der Waals surface area (Å²) < 4.78 is 18.5. The molecule has 1 unspecified atom stereocenters. The summed E-state index contributed by atoms with van der Waals surface area (Å²) in [7, 11) is 1.35. The molecule has 6 nitrogen and oxygen atoms in total. The van der Waals surface area contributed by atoms with E-state index < -0.39 is 17.4 Å². The minimum Gasteiger partial charge on any atom is -0.494 e. The average molecular weight is 294 g/mol. The third-order valence-electron chi connectivity index (χ3n) is 3.10. The molecule has 0 radical (unpaired) electrons.